The maximum absolute atomic E-state index is 11.9. The Morgan fingerprint density at radius 1 is 1.38 bits per heavy atom. The van der Waals surface area contributed by atoms with E-state index in [1.54, 1.807) is 6.92 Å². The topological polar surface area (TPSA) is 64.4 Å². The summed E-state index contributed by atoms with van der Waals surface area (Å²) in [7, 11) is 0. The van der Waals surface area contributed by atoms with Crippen LogP contribution in [0, 0.1) is 0 Å². The highest BCUT2D eigenvalue weighted by Gasteiger charge is 2.43. The Kier molecular flexibility index (Phi) is 4.79. The Hall–Kier alpha value is -1.26. The Labute approximate surface area is 131 Å². The summed E-state index contributed by atoms with van der Waals surface area (Å²) in [6, 6.07) is 7.53. The van der Waals surface area contributed by atoms with Crippen LogP contribution in [0.1, 0.15) is 50.6 Å². The molecular formula is C16H23ClN2O2. The maximum atomic E-state index is 11.9. The number of nitrogens with one attached hydrogen (secondary N) is 1. The second-order valence-electron chi connectivity index (χ2n) is 6.08. The molecule has 1 heterocycles. The number of hydrogen-bond acceptors (Lipinski definition) is 3. The molecule has 0 saturated heterocycles. The third-order valence-corrected chi connectivity index (χ3v) is 4.44. The van der Waals surface area contributed by atoms with Gasteiger partial charge in [-0.05, 0) is 38.7 Å². The predicted molar refractivity (Wildman–Crippen MR) is 84.7 cm³/mol. The minimum atomic E-state index is -0.482. The van der Waals surface area contributed by atoms with Gasteiger partial charge in [-0.2, -0.15) is 0 Å². The van der Waals surface area contributed by atoms with Crippen LogP contribution in [-0.4, -0.2) is 17.6 Å². The molecule has 2 aliphatic rings. The van der Waals surface area contributed by atoms with Gasteiger partial charge in [-0.25, -0.2) is 0 Å². The Morgan fingerprint density at radius 3 is 2.71 bits per heavy atom. The van der Waals surface area contributed by atoms with Gasteiger partial charge in [0.1, 0.15) is 11.4 Å². The molecule has 1 unspecified atom stereocenters. The molecule has 1 aliphatic heterocycles. The minimum absolute atomic E-state index is 0. The Morgan fingerprint density at radius 2 is 2.05 bits per heavy atom. The molecule has 116 valence electrons. The molecule has 0 bridgehead atoms. The van der Waals surface area contributed by atoms with Crippen LogP contribution >= 0.6 is 12.4 Å². The lowest BCUT2D eigenvalue weighted by Gasteiger charge is -2.40. The summed E-state index contributed by atoms with van der Waals surface area (Å²) in [5, 5.41) is 3.08. The van der Waals surface area contributed by atoms with Crippen LogP contribution < -0.4 is 15.8 Å². The van der Waals surface area contributed by atoms with E-state index in [-0.39, 0.29) is 30.0 Å². The van der Waals surface area contributed by atoms with E-state index in [4.69, 9.17) is 10.5 Å². The molecule has 21 heavy (non-hydrogen) atoms. The highest BCUT2D eigenvalue weighted by Crippen LogP contribution is 2.46. The molecule has 3 N–H and O–H groups in total. The summed E-state index contributed by atoms with van der Waals surface area (Å²) in [4.78, 5) is 11.9. The van der Waals surface area contributed by atoms with Gasteiger partial charge in [0.15, 0.2) is 0 Å². The predicted octanol–water partition coefficient (Wildman–Crippen LogP) is 2.71. The van der Waals surface area contributed by atoms with Gasteiger partial charge in [0, 0.05) is 12.0 Å². The van der Waals surface area contributed by atoms with Gasteiger partial charge in [-0.3, -0.25) is 4.79 Å². The molecule has 3 rings (SSSR count). The van der Waals surface area contributed by atoms with E-state index in [0.29, 0.717) is 0 Å². The van der Waals surface area contributed by atoms with Gasteiger partial charge < -0.3 is 15.8 Å². The molecule has 1 aromatic carbocycles. The van der Waals surface area contributed by atoms with Crippen LogP contribution in [0.3, 0.4) is 0 Å². The standard InChI is InChI=1S/C16H22N2O2.ClH/c1-11(17)15(19)18-13-10-16(8-4-5-9-16)20-14-7-3-2-6-12(13)14;/h2-3,6-7,11,13H,4-5,8-10,17H2,1H3,(H,18,19);1H/t11-,13?;/m1./s1. The van der Waals surface area contributed by atoms with E-state index >= 15 is 0 Å². The van der Waals surface area contributed by atoms with Crippen molar-refractivity contribution in [3.63, 3.8) is 0 Å². The SMILES string of the molecule is C[C@@H](N)C(=O)NC1CC2(CCCC2)Oc2ccccc21.Cl. The highest BCUT2D eigenvalue weighted by atomic mass is 35.5. The summed E-state index contributed by atoms with van der Waals surface area (Å²) in [6.45, 7) is 1.71. The fourth-order valence-electron chi connectivity index (χ4n) is 3.38. The number of carbonyl (C=O) groups is 1. The van der Waals surface area contributed by atoms with E-state index in [9.17, 15) is 4.79 Å². The van der Waals surface area contributed by atoms with E-state index < -0.39 is 6.04 Å². The first kappa shape index (κ1) is 16.1. The van der Waals surface area contributed by atoms with Crippen LogP contribution in [0.4, 0.5) is 0 Å². The number of nitrogens with two attached hydrogens (primary N) is 1. The number of ether oxygens (including phenoxy) is 1. The first-order valence-corrected chi connectivity index (χ1v) is 7.44. The van der Waals surface area contributed by atoms with Gasteiger partial charge in [-0.1, -0.05) is 18.2 Å². The summed E-state index contributed by atoms with van der Waals surface area (Å²) in [5.74, 6) is 0.815. The third kappa shape index (κ3) is 3.16. The Bertz CT molecular complexity index is 513. The van der Waals surface area contributed by atoms with Crippen molar-refractivity contribution < 1.29 is 9.53 Å². The lowest BCUT2D eigenvalue weighted by molar-refractivity contribution is -0.123. The van der Waals surface area contributed by atoms with Crippen LogP contribution in [-0.2, 0) is 4.79 Å². The summed E-state index contributed by atoms with van der Waals surface area (Å²) in [5.41, 5.74) is 6.65. The third-order valence-electron chi connectivity index (χ3n) is 4.44. The number of halogens is 1. The average Bonchev–Trinajstić information content (AvgIpc) is 2.86. The molecule has 0 radical (unpaired) electrons. The maximum Gasteiger partial charge on any atom is 0.237 e. The van der Waals surface area contributed by atoms with Gasteiger partial charge in [0.2, 0.25) is 5.91 Å². The van der Waals surface area contributed by atoms with Crippen molar-refractivity contribution in [2.24, 2.45) is 5.73 Å². The van der Waals surface area contributed by atoms with Crippen molar-refractivity contribution in [2.45, 2.75) is 56.7 Å². The summed E-state index contributed by atoms with van der Waals surface area (Å²) in [6.07, 6.45) is 5.41. The molecule has 2 atom stereocenters. The van der Waals surface area contributed by atoms with Crippen molar-refractivity contribution >= 4 is 18.3 Å². The zero-order valence-corrected chi connectivity index (χ0v) is 13.1. The quantitative estimate of drug-likeness (QED) is 0.882. The van der Waals surface area contributed by atoms with Gasteiger partial charge >= 0.3 is 0 Å². The van der Waals surface area contributed by atoms with Gasteiger partial charge in [-0.15, -0.1) is 12.4 Å². The van der Waals surface area contributed by atoms with Crippen molar-refractivity contribution in [3.05, 3.63) is 29.8 Å². The fourth-order valence-corrected chi connectivity index (χ4v) is 3.38. The van der Waals surface area contributed by atoms with Crippen LogP contribution in [0.25, 0.3) is 0 Å². The molecule has 1 spiro atoms. The molecular weight excluding hydrogens is 288 g/mol. The smallest absolute Gasteiger partial charge is 0.237 e. The second-order valence-corrected chi connectivity index (χ2v) is 6.08. The largest absolute Gasteiger partial charge is 0.487 e. The van der Waals surface area contributed by atoms with Crippen molar-refractivity contribution in [1.82, 2.24) is 5.32 Å². The minimum Gasteiger partial charge on any atom is -0.487 e. The monoisotopic (exact) mass is 310 g/mol. The molecule has 1 aromatic rings. The number of hydrogen-bond donors (Lipinski definition) is 2. The average molecular weight is 311 g/mol. The number of fused-ring (bicyclic) bond motifs is 1. The first-order valence-electron chi connectivity index (χ1n) is 7.44. The molecule has 0 aromatic heterocycles. The van der Waals surface area contributed by atoms with Crippen molar-refractivity contribution in [2.75, 3.05) is 0 Å². The molecule has 1 saturated carbocycles. The number of rotatable bonds is 2. The Balaban J connectivity index is 0.00000161. The van der Waals surface area contributed by atoms with E-state index in [1.807, 2.05) is 24.3 Å². The van der Waals surface area contributed by atoms with Crippen molar-refractivity contribution in [1.29, 1.82) is 0 Å². The van der Waals surface area contributed by atoms with Crippen LogP contribution in [0.2, 0.25) is 0 Å². The number of benzene rings is 1. The molecule has 1 fully saturated rings. The van der Waals surface area contributed by atoms with Crippen LogP contribution in [0.5, 0.6) is 5.75 Å². The zero-order chi connectivity index (χ0) is 14.2. The first-order chi connectivity index (χ1) is 9.60. The normalized spacial score (nSPS) is 23.6. The van der Waals surface area contributed by atoms with Crippen molar-refractivity contribution in [3.8, 4) is 5.75 Å². The molecule has 5 heteroatoms. The zero-order valence-electron chi connectivity index (χ0n) is 12.3. The number of amides is 1. The van der Waals surface area contributed by atoms with Gasteiger partial charge in [0.05, 0.1) is 12.1 Å². The number of para-hydroxylation sites is 1. The fraction of sp³-hybridized carbons (Fsp3) is 0.562. The lowest BCUT2D eigenvalue weighted by atomic mass is 9.86. The van der Waals surface area contributed by atoms with E-state index in [1.165, 1.54) is 12.8 Å². The summed E-state index contributed by atoms with van der Waals surface area (Å²) >= 11 is 0. The van der Waals surface area contributed by atoms with Gasteiger partial charge in [0.25, 0.3) is 0 Å². The molecule has 1 aliphatic carbocycles. The highest BCUT2D eigenvalue weighted by molar-refractivity contribution is 5.85. The van der Waals surface area contributed by atoms with E-state index in [0.717, 1.165) is 30.6 Å². The van der Waals surface area contributed by atoms with Crippen LogP contribution in [0.15, 0.2) is 24.3 Å². The molecule has 1 amide bonds. The second kappa shape index (κ2) is 6.24. The molecule has 4 nitrogen and oxygen atoms in total. The van der Waals surface area contributed by atoms with E-state index in [2.05, 4.69) is 5.32 Å². The number of carbonyl (C=O) groups excluding carboxylic acids is 1. The lowest BCUT2D eigenvalue weighted by Crippen LogP contribution is -2.46. The summed E-state index contributed by atoms with van der Waals surface area (Å²) < 4.78 is 6.27.